The predicted octanol–water partition coefficient (Wildman–Crippen LogP) is 2.12. The zero-order valence-electron chi connectivity index (χ0n) is 12.2. The Morgan fingerprint density at radius 2 is 1.86 bits per heavy atom. The average Bonchev–Trinajstić information content (AvgIpc) is 2.93. The van der Waals surface area contributed by atoms with Gasteiger partial charge in [0.1, 0.15) is 0 Å². The van der Waals surface area contributed by atoms with Crippen LogP contribution in [0.2, 0.25) is 5.02 Å². The van der Waals surface area contributed by atoms with Gasteiger partial charge in [-0.2, -0.15) is 0 Å². The molecule has 1 aliphatic carbocycles. The average molecular weight is 308 g/mol. The SMILES string of the molecule is N[C@@H]1CCC[C@H]1C(=O)N1CCN(c2ccccc2Cl)CC1. The second kappa shape index (κ2) is 6.24. The van der Waals surface area contributed by atoms with Crippen LogP contribution >= 0.6 is 11.6 Å². The van der Waals surface area contributed by atoms with Crippen molar-refractivity contribution in [3.63, 3.8) is 0 Å². The monoisotopic (exact) mass is 307 g/mol. The summed E-state index contributed by atoms with van der Waals surface area (Å²) in [5, 5.41) is 0.773. The standard InChI is InChI=1S/C16H22ClN3O/c17-13-5-1-2-7-15(13)19-8-10-20(11-9-19)16(21)12-4-3-6-14(12)18/h1-2,5,7,12,14H,3-4,6,8-11,18H2/t12-,14-/m1/s1. The Kier molecular flexibility index (Phi) is 4.36. The molecule has 1 aromatic rings. The topological polar surface area (TPSA) is 49.6 Å². The number of anilines is 1. The molecule has 4 nitrogen and oxygen atoms in total. The van der Waals surface area contributed by atoms with Gasteiger partial charge in [-0.25, -0.2) is 0 Å². The van der Waals surface area contributed by atoms with Crippen molar-refractivity contribution < 1.29 is 4.79 Å². The van der Waals surface area contributed by atoms with Crippen LogP contribution in [0.1, 0.15) is 19.3 Å². The Morgan fingerprint density at radius 1 is 1.14 bits per heavy atom. The molecule has 1 heterocycles. The summed E-state index contributed by atoms with van der Waals surface area (Å²) in [6, 6.07) is 7.93. The van der Waals surface area contributed by atoms with Crippen molar-refractivity contribution in [1.29, 1.82) is 0 Å². The number of hydrogen-bond donors (Lipinski definition) is 1. The van der Waals surface area contributed by atoms with Crippen LogP contribution in [0.4, 0.5) is 5.69 Å². The number of carbonyl (C=O) groups is 1. The Morgan fingerprint density at radius 3 is 2.48 bits per heavy atom. The third-order valence-corrected chi connectivity index (χ3v) is 4.99. The fourth-order valence-corrected chi connectivity index (χ4v) is 3.66. The smallest absolute Gasteiger partial charge is 0.227 e. The molecule has 2 aliphatic rings. The van der Waals surface area contributed by atoms with E-state index in [1.54, 1.807) is 0 Å². The molecule has 1 aromatic carbocycles. The quantitative estimate of drug-likeness (QED) is 0.910. The first-order valence-electron chi connectivity index (χ1n) is 7.70. The first-order valence-corrected chi connectivity index (χ1v) is 8.08. The van der Waals surface area contributed by atoms with E-state index < -0.39 is 0 Å². The van der Waals surface area contributed by atoms with Crippen molar-refractivity contribution >= 4 is 23.2 Å². The Hall–Kier alpha value is -1.26. The lowest BCUT2D eigenvalue weighted by Crippen LogP contribution is -2.52. The highest BCUT2D eigenvalue weighted by atomic mass is 35.5. The van der Waals surface area contributed by atoms with E-state index >= 15 is 0 Å². The number of benzene rings is 1. The molecule has 0 aromatic heterocycles. The predicted molar refractivity (Wildman–Crippen MR) is 85.6 cm³/mol. The number of amides is 1. The van der Waals surface area contributed by atoms with Gasteiger partial charge in [-0.15, -0.1) is 0 Å². The molecule has 1 saturated heterocycles. The molecule has 2 N–H and O–H groups in total. The Balaban J connectivity index is 1.60. The van der Waals surface area contributed by atoms with Crippen molar-refractivity contribution in [2.24, 2.45) is 11.7 Å². The number of halogens is 1. The van der Waals surface area contributed by atoms with E-state index in [9.17, 15) is 4.79 Å². The number of rotatable bonds is 2. The van der Waals surface area contributed by atoms with Gasteiger partial charge in [0.05, 0.1) is 16.6 Å². The van der Waals surface area contributed by atoms with E-state index in [1.807, 2.05) is 29.2 Å². The number of para-hydroxylation sites is 1. The fourth-order valence-electron chi connectivity index (χ4n) is 3.41. The zero-order chi connectivity index (χ0) is 14.8. The van der Waals surface area contributed by atoms with E-state index in [0.29, 0.717) is 0 Å². The van der Waals surface area contributed by atoms with Crippen molar-refractivity contribution in [1.82, 2.24) is 4.90 Å². The lowest BCUT2D eigenvalue weighted by molar-refractivity contribution is -0.136. The minimum absolute atomic E-state index is 0.0388. The summed E-state index contributed by atoms with van der Waals surface area (Å²) in [5.74, 6) is 0.288. The summed E-state index contributed by atoms with van der Waals surface area (Å²) in [6.07, 6.45) is 3.01. The van der Waals surface area contributed by atoms with Gasteiger partial charge in [-0.3, -0.25) is 4.79 Å². The molecule has 1 aliphatic heterocycles. The third kappa shape index (κ3) is 3.01. The minimum Gasteiger partial charge on any atom is -0.367 e. The lowest BCUT2D eigenvalue weighted by Gasteiger charge is -2.38. The van der Waals surface area contributed by atoms with Crippen LogP contribution in [-0.4, -0.2) is 43.0 Å². The van der Waals surface area contributed by atoms with Crippen molar-refractivity contribution in [3.05, 3.63) is 29.3 Å². The van der Waals surface area contributed by atoms with Crippen LogP contribution in [0.5, 0.6) is 0 Å². The molecule has 2 atom stereocenters. The molecule has 0 bridgehead atoms. The highest BCUT2D eigenvalue weighted by molar-refractivity contribution is 6.33. The van der Waals surface area contributed by atoms with Crippen LogP contribution in [0.25, 0.3) is 0 Å². The van der Waals surface area contributed by atoms with Gasteiger partial charge in [-0.05, 0) is 25.0 Å². The van der Waals surface area contributed by atoms with Gasteiger partial charge in [0, 0.05) is 32.2 Å². The maximum atomic E-state index is 12.5. The number of piperazine rings is 1. The van der Waals surface area contributed by atoms with Crippen LogP contribution in [-0.2, 0) is 4.79 Å². The first kappa shape index (κ1) is 14.7. The minimum atomic E-state index is 0.0388. The van der Waals surface area contributed by atoms with Crippen LogP contribution < -0.4 is 10.6 Å². The van der Waals surface area contributed by atoms with Gasteiger partial charge in [0.25, 0.3) is 0 Å². The third-order valence-electron chi connectivity index (χ3n) is 4.67. The van der Waals surface area contributed by atoms with Crippen LogP contribution in [0, 0.1) is 5.92 Å². The van der Waals surface area contributed by atoms with Gasteiger partial charge in [-0.1, -0.05) is 30.2 Å². The molecule has 21 heavy (non-hydrogen) atoms. The summed E-state index contributed by atoms with van der Waals surface area (Å²) in [4.78, 5) is 16.7. The van der Waals surface area contributed by atoms with E-state index in [4.69, 9.17) is 17.3 Å². The molecule has 2 fully saturated rings. The van der Waals surface area contributed by atoms with Gasteiger partial charge >= 0.3 is 0 Å². The molecular formula is C16H22ClN3O. The Bertz CT molecular complexity index is 514. The molecule has 5 heteroatoms. The van der Waals surface area contributed by atoms with E-state index in [0.717, 1.165) is 56.2 Å². The summed E-state index contributed by atoms with van der Waals surface area (Å²) in [6.45, 7) is 3.18. The summed E-state index contributed by atoms with van der Waals surface area (Å²) < 4.78 is 0. The molecule has 3 rings (SSSR count). The zero-order valence-corrected chi connectivity index (χ0v) is 12.9. The fraction of sp³-hybridized carbons (Fsp3) is 0.562. The lowest BCUT2D eigenvalue weighted by atomic mass is 10.0. The highest BCUT2D eigenvalue weighted by Gasteiger charge is 2.34. The summed E-state index contributed by atoms with van der Waals surface area (Å²) in [5.41, 5.74) is 7.11. The van der Waals surface area contributed by atoms with Gasteiger partial charge in [0.2, 0.25) is 5.91 Å². The van der Waals surface area contributed by atoms with Gasteiger partial charge < -0.3 is 15.5 Å². The van der Waals surface area contributed by atoms with Gasteiger partial charge in [0.15, 0.2) is 0 Å². The van der Waals surface area contributed by atoms with Crippen molar-refractivity contribution in [2.75, 3.05) is 31.1 Å². The first-order chi connectivity index (χ1) is 10.2. The molecule has 114 valence electrons. The molecular weight excluding hydrogens is 286 g/mol. The van der Waals surface area contributed by atoms with Crippen LogP contribution in [0.15, 0.2) is 24.3 Å². The number of hydrogen-bond acceptors (Lipinski definition) is 3. The maximum absolute atomic E-state index is 12.5. The Labute approximate surface area is 130 Å². The molecule has 1 amide bonds. The second-order valence-electron chi connectivity index (χ2n) is 5.96. The second-order valence-corrected chi connectivity index (χ2v) is 6.37. The van der Waals surface area contributed by atoms with E-state index in [2.05, 4.69) is 4.90 Å². The summed E-state index contributed by atoms with van der Waals surface area (Å²) >= 11 is 6.24. The molecule has 1 saturated carbocycles. The number of carbonyl (C=O) groups excluding carboxylic acids is 1. The molecule has 0 radical (unpaired) electrons. The largest absolute Gasteiger partial charge is 0.367 e. The normalized spacial score (nSPS) is 26.2. The van der Waals surface area contributed by atoms with E-state index in [1.165, 1.54) is 0 Å². The molecule has 0 spiro atoms. The molecule has 0 unspecified atom stereocenters. The highest BCUT2D eigenvalue weighted by Crippen LogP contribution is 2.28. The number of nitrogens with zero attached hydrogens (tertiary/aromatic N) is 2. The van der Waals surface area contributed by atoms with Crippen molar-refractivity contribution in [3.8, 4) is 0 Å². The van der Waals surface area contributed by atoms with Crippen molar-refractivity contribution in [2.45, 2.75) is 25.3 Å². The summed E-state index contributed by atoms with van der Waals surface area (Å²) in [7, 11) is 0. The maximum Gasteiger partial charge on any atom is 0.227 e. The van der Waals surface area contributed by atoms with Crippen LogP contribution in [0.3, 0.4) is 0 Å². The van der Waals surface area contributed by atoms with E-state index in [-0.39, 0.29) is 17.9 Å². The number of nitrogens with two attached hydrogens (primary N) is 1.